The van der Waals surface area contributed by atoms with Crippen LogP contribution in [0.5, 0.6) is 0 Å². The van der Waals surface area contributed by atoms with E-state index in [2.05, 4.69) is 51.0 Å². The molecule has 0 saturated carbocycles. The molecular weight excluding hydrogens is 670 g/mol. The fraction of sp³-hybridized carbons (Fsp3) is 0.0968. The molecule has 0 atom stereocenters. The van der Waals surface area contributed by atoms with Crippen molar-refractivity contribution in [3.8, 4) is 0 Å². The van der Waals surface area contributed by atoms with Gasteiger partial charge in [-0.25, -0.2) is 14.8 Å². The van der Waals surface area contributed by atoms with Crippen molar-refractivity contribution in [3.63, 3.8) is 0 Å². The van der Waals surface area contributed by atoms with Crippen molar-refractivity contribution in [3.05, 3.63) is 129 Å². The number of imidazole rings is 2. The number of aromatic nitrogens is 4. The zero-order chi connectivity index (χ0) is 28.1. The molecule has 0 fully saturated rings. The number of methoxy groups -OCH3 is 1. The Kier molecular flexibility index (Phi) is 12.3. The second-order valence-electron chi connectivity index (χ2n) is 9.00. The first-order valence-corrected chi connectivity index (χ1v) is 14.0. The first kappa shape index (κ1) is 33.5. The van der Waals surface area contributed by atoms with Gasteiger partial charge in [0.2, 0.25) is 0 Å². The maximum atomic E-state index is 11.7. The van der Waals surface area contributed by atoms with E-state index in [-0.39, 0.29) is 45.4 Å². The Bertz CT molecular complexity index is 1850. The number of rotatable bonds is 6. The Hall–Kier alpha value is -3.02. The third-order valence-corrected chi connectivity index (χ3v) is 7.80. The third-order valence-electron chi connectivity index (χ3n) is 6.38. The van der Waals surface area contributed by atoms with E-state index in [1.165, 1.54) is 7.11 Å². The van der Waals surface area contributed by atoms with Gasteiger partial charge in [0.05, 0.1) is 47.4 Å². The minimum absolute atomic E-state index is 0. The van der Waals surface area contributed by atoms with Crippen LogP contribution in [-0.2, 0) is 17.8 Å². The van der Waals surface area contributed by atoms with Crippen LogP contribution in [0.1, 0.15) is 33.3 Å². The van der Waals surface area contributed by atoms with E-state index in [1.807, 2.05) is 97.6 Å². The largest absolute Gasteiger partial charge is 1.00 e. The van der Waals surface area contributed by atoms with Gasteiger partial charge in [0.15, 0.2) is 6.29 Å². The van der Waals surface area contributed by atoms with E-state index in [0.29, 0.717) is 24.2 Å². The topological polar surface area (TPSA) is 79.0 Å². The number of para-hydroxylation sites is 4. The molecule has 42 heavy (non-hydrogen) atoms. The van der Waals surface area contributed by atoms with E-state index < -0.39 is 0 Å². The SMILES string of the molecule is COC(=O)c1cc(Cn2cnc3ccccc32)ccc1Br.O=Cc1cc(Cn2cnc3ccccc32)ccc1Br.[B].[H-].[Na+]. The summed E-state index contributed by atoms with van der Waals surface area (Å²) >= 11 is 6.73. The molecule has 0 N–H and O–H groups in total. The standard InChI is InChI=1S/C16H13BrN2O2.C15H11BrN2O.B.Na.H/c1-21-16(20)12-8-11(6-7-13(12)17)9-19-10-18-14-4-2-3-5-15(14)19;16-13-6-5-11(7-12(13)9-19)8-18-10-17-14-3-1-2-4-15(14)18;;;/h2-8,10H,9H2,1H3;1-7,9-10H,8H2;;;/q;;;+1;-1. The molecule has 0 amide bonds. The molecule has 0 aliphatic heterocycles. The monoisotopic (exact) mass is 693 g/mol. The zero-order valence-corrected chi connectivity index (χ0v) is 28.2. The molecule has 0 bridgehead atoms. The van der Waals surface area contributed by atoms with Crippen molar-refractivity contribution in [1.82, 2.24) is 19.1 Å². The molecular formula is C31H25BBr2N4NaO3. The third kappa shape index (κ3) is 7.68. The van der Waals surface area contributed by atoms with Crippen LogP contribution in [0.3, 0.4) is 0 Å². The summed E-state index contributed by atoms with van der Waals surface area (Å²) in [5, 5.41) is 0. The maximum absolute atomic E-state index is 11.7. The van der Waals surface area contributed by atoms with Gasteiger partial charge in [-0.2, -0.15) is 0 Å². The fourth-order valence-corrected chi connectivity index (χ4v) is 5.13. The zero-order valence-electron chi connectivity index (χ0n) is 24.1. The first-order chi connectivity index (χ1) is 19.5. The molecule has 2 heterocycles. The minimum atomic E-state index is -0.348. The normalized spacial score (nSPS) is 10.3. The van der Waals surface area contributed by atoms with Crippen LogP contribution in [0.25, 0.3) is 22.1 Å². The predicted molar refractivity (Wildman–Crippen MR) is 170 cm³/mol. The number of fused-ring (bicyclic) bond motifs is 2. The Labute approximate surface area is 285 Å². The van der Waals surface area contributed by atoms with Crippen LogP contribution in [0, 0.1) is 0 Å². The molecule has 11 heteroatoms. The van der Waals surface area contributed by atoms with Crippen LogP contribution >= 0.6 is 31.9 Å². The summed E-state index contributed by atoms with van der Waals surface area (Å²) in [4.78, 5) is 31.4. The molecule has 0 spiro atoms. The molecule has 2 aromatic heterocycles. The van der Waals surface area contributed by atoms with Crippen LogP contribution < -0.4 is 29.6 Å². The molecule has 0 aliphatic carbocycles. The van der Waals surface area contributed by atoms with Crippen molar-refractivity contribution >= 4 is 74.6 Å². The summed E-state index contributed by atoms with van der Waals surface area (Å²) in [6.07, 6.45) is 4.50. The van der Waals surface area contributed by atoms with Gasteiger partial charge in [-0.05, 0) is 75.6 Å². The number of esters is 1. The number of aldehydes is 1. The van der Waals surface area contributed by atoms with Crippen LogP contribution in [-0.4, -0.2) is 46.9 Å². The van der Waals surface area contributed by atoms with Crippen LogP contribution in [0.2, 0.25) is 0 Å². The molecule has 205 valence electrons. The number of hydrogen-bond acceptors (Lipinski definition) is 5. The Balaban J connectivity index is 0.000000282. The van der Waals surface area contributed by atoms with E-state index in [0.717, 1.165) is 48.4 Å². The Morgan fingerprint density at radius 3 is 1.83 bits per heavy atom. The van der Waals surface area contributed by atoms with Crippen molar-refractivity contribution < 1.29 is 45.3 Å². The molecule has 3 radical (unpaired) electrons. The average molecular weight is 695 g/mol. The van der Waals surface area contributed by atoms with Crippen molar-refractivity contribution in [2.24, 2.45) is 0 Å². The summed E-state index contributed by atoms with van der Waals surface area (Å²) in [6.45, 7) is 1.35. The molecule has 4 aromatic carbocycles. The van der Waals surface area contributed by atoms with Gasteiger partial charge in [0.25, 0.3) is 0 Å². The molecule has 0 saturated heterocycles. The summed E-state index contributed by atoms with van der Waals surface area (Å²) in [6, 6.07) is 27.5. The molecule has 0 aliphatic rings. The number of carbonyl (C=O) groups is 2. The second kappa shape index (κ2) is 15.5. The van der Waals surface area contributed by atoms with Crippen LogP contribution in [0.15, 0.2) is 107 Å². The van der Waals surface area contributed by atoms with Crippen molar-refractivity contribution in [2.45, 2.75) is 13.1 Å². The van der Waals surface area contributed by atoms with Crippen molar-refractivity contribution in [1.29, 1.82) is 0 Å². The number of ether oxygens (including phenoxy) is 1. The number of carbonyl (C=O) groups excluding carboxylic acids is 2. The number of hydrogen-bond donors (Lipinski definition) is 0. The van der Waals surface area contributed by atoms with Gasteiger partial charge in [-0.3, -0.25) is 4.79 Å². The maximum Gasteiger partial charge on any atom is 1.00 e. The minimum Gasteiger partial charge on any atom is -1.00 e. The summed E-state index contributed by atoms with van der Waals surface area (Å²) in [5.74, 6) is -0.348. The number of nitrogens with zero attached hydrogens (tertiary/aromatic N) is 4. The van der Waals surface area contributed by atoms with Gasteiger partial charge in [0.1, 0.15) is 0 Å². The summed E-state index contributed by atoms with van der Waals surface area (Å²) < 4.78 is 10.5. The smallest absolute Gasteiger partial charge is 1.00 e. The molecule has 7 nitrogen and oxygen atoms in total. The fourth-order valence-electron chi connectivity index (χ4n) is 4.39. The number of benzene rings is 4. The summed E-state index contributed by atoms with van der Waals surface area (Å²) in [7, 11) is 1.38. The van der Waals surface area contributed by atoms with E-state index in [1.54, 1.807) is 0 Å². The van der Waals surface area contributed by atoms with Crippen LogP contribution in [0.4, 0.5) is 0 Å². The van der Waals surface area contributed by atoms with E-state index in [9.17, 15) is 9.59 Å². The van der Waals surface area contributed by atoms with Gasteiger partial charge in [-0.15, -0.1) is 0 Å². The first-order valence-electron chi connectivity index (χ1n) is 12.4. The molecule has 6 rings (SSSR count). The quantitative estimate of drug-likeness (QED) is 0.150. The predicted octanol–water partition coefficient (Wildman–Crippen LogP) is 4.03. The second-order valence-corrected chi connectivity index (χ2v) is 10.7. The van der Waals surface area contributed by atoms with Gasteiger partial charge in [-0.1, -0.05) is 52.3 Å². The van der Waals surface area contributed by atoms with Gasteiger partial charge < -0.3 is 15.3 Å². The van der Waals surface area contributed by atoms with Gasteiger partial charge >= 0.3 is 35.5 Å². The van der Waals surface area contributed by atoms with Gasteiger partial charge in [0, 0.05) is 36.0 Å². The summed E-state index contributed by atoms with van der Waals surface area (Å²) in [5.41, 5.74) is 7.40. The van der Waals surface area contributed by atoms with Crippen molar-refractivity contribution in [2.75, 3.05) is 7.11 Å². The van der Waals surface area contributed by atoms with E-state index >= 15 is 0 Å². The Morgan fingerprint density at radius 2 is 1.31 bits per heavy atom. The number of halogens is 2. The molecule has 6 aromatic rings. The van der Waals surface area contributed by atoms with E-state index in [4.69, 9.17) is 4.74 Å². The Morgan fingerprint density at radius 1 is 0.810 bits per heavy atom. The average Bonchev–Trinajstić information content (AvgIpc) is 3.59. The molecule has 0 unspecified atom stereocenters.